The van der Waals surface area contributed by atoms with Gasteiger partial charge in [-0.1, -0.05) is 12.1 Å². The van der Waals surface area contributed by atoms with E-state index < -0.39 is 39.1 Å². The highest BCUT2D eigenvalue weighted by Gasteiger charge is 2.33. The van der Waals surface area contributed by atoms with Gasteiger partial charge >= 0.3 is 6.18 Å². The maximum atomic E-state index is 12.9. The largest absolute Gasteiger partial charge is 0.416 e. The second-order valence-electron chi connectivity index (χ2n) is 6.32. The maximum Gasteiger partial charge on any atom is 0.416 e. The second-order valence-corrected chi connectivity index (χ2v) is 8.25. The SMILES string of the molecule is C=CCN(CC(=O)Nc1ccc(C(=O)NC)cc1)S(=O)(=O)c1cccc(C(F)(F)F)c1. The van der Waals surface area contributed by atoms with Gasteiger partial charge in [0.2, 0.25) is 15.9 Å². The van der Waals surface area contributed by atoms with Gasteiger partial charge in [-0.3, -0.25) is 9.59 Å². The number of benzene rings is 2. The zero-order chi connectivity index (χ0) is 23.2. The zero-order valence-electron chi connectivity index (χ0n) is 16.4. The van der Waals surface area contributed by atoms with Crippen LogP contribution < -0.4 is 10.6 Å². The molecule has 0 radical (unpaired) electrons. The van der Waals surface area contributed by atoms with Crippen LogP contribution in [0.4, 0.5) is 18.9 Å². The lowest BCUT2D eigenvalue weighted by Gasteiger charge is -2.21. The van der Waals surface area contributed by atoms with Crippen LogP contribution in [0.1, 0.15) is 15.9 Å². The molecule has 0 aromatic heterocycles. The minimum absolute atomic E-state index is 0.290. The Morgan fingerprint density at radius 2 is 1.77 bits per heavy atom. The molecule has 0 atom stereocenters. The van der Waals surface area contributed by atoms with E-state index in [9.17, 15) is 31.2 Å². The quantitative estimate of drug-likeness (QED) is 0.599. The summed E-state index contributed by atoms with van der Waals surface area (Å²) in [5, 5.41) is 4.93. The summed E-state index contributed by atoms with van der Waals surface area (Å²) in [6.07, 6.45) is -3.50. The van der Waals surface area contributed by atoms with Gasteiger partial charge in [-0.15, -0.1) is 6.58 Å². The van der Waals surface area contributed by atoms with Gasteiger partial charge in [0, 0.05) is 24.8 Å². The van der Waals surface area contributed by atoms with Crippen LogP contribution >= 0.6 is 0 Å². The topological polar surface area (TPSA) is 95.6 Å². The predicted octanol–water partition coefficient (Wildman–Crippen LogP) is 2.88. The molecule has 0 saturated carbocycles. The number of sulfonamides is 1. The number of amides is 2. The molecule has 11 heteroatoms. The Morgan fingerprint density at radius 1 is 1.13 bits per heavy atom. The summed E-state index contributed by atoms with van der Waals surface area (Å²) < 4.78 is 65.2. The molecule has 0 saturated heterocycles. The van der Waals surface area contributed by atoms with Crippen LogP contribution in [0.2, 0.25) is 0 Å². The first-order valence-corrected chi connectivity index (χ1v) is 10.3. The molecule has 2 aromatic carbocycles. The molecule has 2 N–H and O–H groups in total. The number of halogens is 3. The fourth-order valence-electron chi connectivity index (χ4n) is 2.58. The fraction of sp³-hybridized carbons (Fsp3) is 0.200. The minimum Gasteiger partial charge on any atom is -0.355 e. The van der Waals surface area contributed by atoms with Crippen LogP contribution in [0.5, 0.6) is 0 Å². The third-order valence-electron chi connectivity index (χ3n) is 4.11. The fourth-order valence-corrected chi connectivity index (χ4v) is 4.00. The summed E-state index contributed by atoms with van der Waals surface area (Å²) in [5.74, 6) is -1.03. The molecule has 0 aliphatic heterocycles. The van der Waals surface area contributed by atoms with Crippen LogP contribution in [-0.2, 0) is 21.0 Å². The molecule has 0 fully saturated rings. The number of alkyl halides is 3. The third kappa shape index (κ3) is 6.15. The molecular weight excluding hydrogens is 435 g/mol. The normalized spacial score (nSPS) is 11.8. The van der Waals surface area contributed by atoms with E-state index in [1.807, 2.05) is 0 Å². The van der Waals surface area contributed by atoms with Crippen molar-refractivity contribution in [2.45, 2.75) is 11.1 Å². The van der Waals surface area contributed by atoms with Crippen molar-refractivity contribution in [1.82, 2.24) is 9.62 Å². The van der Waals surface area contributed by atoms with Gasteiger partial charge in [-0.05, 0) is 42.5 Å². The van der Waals surface area contributed by atoms with Crippen LogP contribution in [0.15, 0.2) is 66.1 Å². The van der Waals surface area contributed by atoms with Crippen molar-refractivity contribution in [3.63, 3.8) is 0 Å². The summed E-state index contributed by atoms with van der Waals surface area (Å²) in [6, 6.07) is 9.13. The molecule has 31 heavy (non-hydrogen) atoms. The molecule has 2 rings (SSSR count). The van der Waals surface area contributed by atoms with E-state index >= 15 is 0 Å². The van der Waals surface area contributed by atoms with E-state index in [-0.39, 0.29) is 12.5 Å². The van der Waals surface area contributed by atoms with Gasteiger partial charge in [-0.2, -0.15) is 17.5 Å². The zero-order valence-corrected chi connectivity index (χ0v) is 17.3. The van der Waals surface area contributed by atoms with Gasteiger partial charge in [0.25, 0.3) is 5.91 Å². The van der Waals surface area contributed by atoms with Gasteiger partial charge in [0.1, 0.15) is 0 Å². The molecule has 0 aliphatic rings. The first-order chi connectivity index (χ1) is 14.5. The Hall–Kier alpha value is -3.18. The maximum absolute atomic E-state index is 12.9. The standard InChI is InChI=1S/C20H20F3N3O4S/c1-3-11-26(31(29,30)17-6-4-5-15(12-17)20(21,22)23)13-18(27)25-16-9-7-14(8-10-16)19(28)24-2/h3-10,12H,1,11,13H2,2H3,(H,24,28)(H,25,27). The van der Waals surface area contributed by atoms with Crippen molar-refractivity contribution in [2.75, 3.05) is 25.5 Å². The van der Waals surface area contributed by atoms with Crippen molar-refractivity contribution in [2.24, 2.45) is 0 Å². The van der Waals surface area contributed by atoms with Crippen molar-refractivity contribution < 1.29 is 31.2 Å². The van der Waals surface area contributed by atoms with E-state index in [2.05, 4.69) is 17.2 Å². The lowest BCUT2D eigenvalue weighted by molar-refractivity contribution is -0.137. The average molecular weight is 455 g/mol. The van der Waals surface area contributed by atoms with E-state index in [1.165, 1.54) is 37.4 Å². The second kappa shape index (κ2) is 9.75. The number of anilines is 1. The summed E-state index contributed by atoms with van der Waals surface area (Å²) in [5.41, 5.74) is -0.443. The molecular formula is C20H20F3N3O4S. The molecule has 0 unspecified atom stereocenters. The molecule has 2 aromatic rings. The van der Waals surface area contributed by atoms with Crippen LogP contribution in [-0.4, -0.2) is 44.7 Å². The highest BCUT2D eigenvalue weighted by Crippen LogP contribution is 2.31. The van der Waals surface area contributed by atoms with E-state index in [0.717, 1.165) is 18.2 Å². The van der Waals surface area contributed by atoms with Crippen molar-refractivity contribution in [3.8, 4) is 0 Å². The van der Waals surface area contributed by atoms with Crippen molar-refractivity contribution in [1.29, 1.82) is 0 Å². The molecule has 0 spiro atoms. The Bertz CT molecular complexity index is 1070. The van der Waals surface area contributed by atoms with Crippen molar-refractivity contribution in [3.05, 3.63) is 72.3 Å². The third-order valence-corrected chi connectivity index (χ3v) is 5.92. The molecule has 166 valence electrons. The number of nitrogens with zero attached hydrogens (tertiary/aromatic N) is 1. The van der Waals surface area contributed by atoms with E-state index in [1.54, 1.807) is 0 Å². The van der Waals surface area contributed by atoms with Gasteiger partial charge < -0.3 is 10.6 Å². The smallest absolute Gasteiger partial charge is 0.355 e. The highest BCUT2D eigenvalue weighted by atomic mass is 32.2. The number of hydrogen-bond donors (Lipinski definition) is 2. The minimum atomic E-state index is -4.72. The van der Waals surface area contributed by atoms with Crippen LogP contribution in [0.3, 0.4) is 0 Å². The predicted molar refractivity (Wildman–Crippen MR) is 109 cm³/mol. The molecule has 0 bridgehead atoms. The summed E-state index contributed by atoms with van der Waals surface area (Å²) in [6.45, 7) is 2.49. The Morgan fingerprint density at radius 3 is 2.32 bits per heavy atom. The Kier molecular flexibility index (Phi) is 7.58. The monoisotopic (exact) mass is 455 g/mol. The summed E-state index contributed by atoms with van der Waals surface area (Å²) in [7, 11) is -2.94. The summed E-state index contributed by atoms with van der Waals surface area (Å²) in [4.78, 5) is 23.3. The van der Waals surface area contributed by atoms with E-state index in [0.29, 0.717) is 21.6 Å². The van der Waals surface area contributed by atoms with Gasteiger partial charge in [-0.25, -0.2) is 8.42 Å². The van der Waals surface area contributed by atoms with E-state index in [4.69, 9.17) is 0 Å². The van der Waals surface area contributed by atoms with Gasteiger partial charge in [0.05, 0.1) is 17.0 Å². The number of carbonyl (C=O) groups excluding carboxylic acids is 2. The van der Waals surface area contributed by atoms with Gasteiger partial charge in [0.15, 0.2) is 0 Å². The van der Waals surface area contributed by atoms with Crippen LogP contribution in [0, 0.1) is 0 Å². The molecule has 0 aliphatic carbocycles. The molecule has 7 nitrogen and oxygen atoms in total. The highest BCUT2D eigenvalue weighted by molar-refractivity contribution is 7.89. The lowest BCUT2D eigenvalue weighted by Crippen LogP contribution is -2.38. The molecule has 0 heterocycles. The first-order valence-electron chi connectivity index (χ1n) is 8.89. The lowest BCUT2D eigenvalue weighted by atomic mass is 10.2. The number of rotatable bonds is 8. The van der Waals surface area contributed by atoms with Crippen LogP contribution in [0.25, 0.3) is 0 Å². The van der Waals surface area contributed by atoms with Crippen molar-refractivity contribution >= 4 is 27.5 Å². The number of hydrogen-bond acceptors (Lipinski definition) is 4. The average Bonchev–Trinajstić information content (AvgIpc) is 2.73. The number of carbonyl (C=O) groups is 2. The number of nitrogens with one attached hydrogen (secondary N) is 2. The first kappa shape index (κ1) is 24.1. The summed E-state index contributed by atoms with van der Waals surface area (Å²) >= 11 is 0. The Balaban J connectivity index is 2.20. The Labute approximate surface area is 177 Å². The molecule has 2 amide bonds.